The van der Waals surface area contributed by atoms with Crippen molar-refractivity contribution in [1.29, 1.82) is 0 Å². The van der Waals surface area contributed by atoms with Gasteiger partial charge in [-0.2, -0.15) is 13.2 Å². The lowest BCUT2D eigenvalue weighted by molar-refractivity contribution is -0.140. The minimum atomic E-state index is -4.92. The fraction of sp³-hybridized carbons (Fsp3) is 0.257. The maximum atomic E-state index is 14.5. The number of hydrogen-bond donors (Lipinski definition) is 1. The lowest BCUT2D eigenvalue weighted by atomic mass is 10.0. The van der Waals surface area contributed by atoms with Crippen LogP contribution in [0.1, 0.15) is 36.1 Å². The molecule has 0 heterocycles. The Kier molecular flexibility index (Phi) is 12.3. The maximum absolute atomic E-state index is 14.5. The van der Waals surface area contributed by atoms with E-state index in [1.54, 1.807) is 57.2 Å². The molecule has 0 radical (unpaired) electrons. The van der Waals surface area contributed by atoms with Crippen molar-refractivity contribution in [2.45, 2.75) is 56.9 Å². The average Bonchev–Trinajstić information content (AvgIpc) is 3.03. The molecule has 0 aliphatic rings. The van der Waals surface area contributed by atoms with Crippen molar-refractivity contribution in [2.24, 2.45) is 0 Å². The topological polar surface area (TPSA) is 86.8 Å². The predicted molar refractivity (Wildman–Crippen MR) is 186 cm³/mol. The first-order chi connectivity index (χ1) is 23.0. The van der Waals surface area contributed by atoms with Gasteiger partial charge < -0.3 is 10.2 Å². The van der Waals surface area contributed by atoms with Gasteiger partial charge in [-0.3, -0.25) is 13.9 Å². The number of anilines is 1. The molecule has 4 rings (SSSR count). The van der Waals surface area contributed by atoms with Gasteiger partial charge in [-0.15, -0.1) is 0 Å². The number of carbonyl (C=O) groups is 2. The van der Waals surface area contributed by atoms with Gasteiger partial charge in [0.1, 0.15) is 12.6 Å². The zero-order chi connectivity index (χ0) is 36.1. The van der Waals surface area contributed by atoms with Crippen LogP contribution in [0.4, 0.5) is 18.9 Å². The third-order valence-electron chi connectivity index (χ3n) is 7.47. The summed E-state index contributed by atoms with van der Waals surface area (Å²) in [6.07, 6.45) is -4.89. The fourth-order valence-corrected chi connectivity index (χ4v) is 6.97. The summed E-state index contributed by atoms with van der Waals surface area (Å²) in [5, 5.41) is 2.61. The SMILES string of the molecule is Cc1ccc(S(=O)(=O)N(CC(=O)N(Cc2ccc(Cl)c(Cl)c2)[C@@H](Cc2ccccc2)C(=O)NC(C)C)c2ccc(Cl)c(C(F)(F)F)c2)cc1. The van der Waals surface area contributed by atoms with Crippen LogP contribution >= 0.6 is 34.8 Å². The van der Waals surface area contributed by atoms with Crippen LogP contribution in [-0.2, 0) is 38.8 Å². The number of benzene rings is 4. The summed E-state index contributed by atoms with van der Waals surface area (Å²) in [5.74, 6) is -1.39. The molecular formula is C35H33Cl3F3N3O4S. The van der Waals surface area contributed by atoms with Crippen LogP contribution in [0.15, 0.2) is 95.9 Å². The smallest absolute Gasteiger partial charge is 0.352 e. The van der Waals surface area contributed by atoms with Gasteiger partial charge in [0.05, 0.1) is 31.2 Å². The molecule has 0 spiro atoms. The molecule has 0 aliphatic carbocycles. The van der Waals surface area contributed by atoms with Gasteiger partial charge in [-0.25, -0.2) is 8.42 Å². The summed E-state index contributed by atoms with van der Waals surface area (Å²) in [6.45, 7) is 4.05. The van der Waals surface area contributed by atoms with Crippen LogP contribution in [-0.4, -0.2) is 43.8 Å². The molecule has 4 aromatic carbocycles. The highest BCUT2D eigenvalue weighted by atomic mass is 35.5. The number of hydrogen-bond acceptors (Lipinski definition) is 4. The predicted octanol–water partition coefficient (Wildman–Crippen LogP) is 8.33. The van der Waals surface area contributed by atoms with E-state index in [1.807, 2.05) is 0 Å². The second-order valence-electron chi connectivity index (χ2n) is 11.6. The Morgan fingerprint density at radius 3 is 2.04 bits per heavy atom. The van der Waals surface area contributed by atoms with Crippen molar-refractivity contribution >= 4 is 62.3 Å². The number of carbonyl (C=O) groups excluding carboxylic acids is 2. The Bertz CT molecular complexity index is 1910. The Hall–Kier alpha value is -3.77. The summed E-state index contributed by atoms with van der Waals surface area (Å²) in [7, 11) is -4.65. The van der Waals surface area contributed by atoms with Gasteiger partial charge in [-0.05, 0) is 74.4 Å². The molecular weight excluding hydrogens is 722 g/mol. The average molecular weight is 755 g/mol. The number of amides is 2. The van der Waals surface area contributed by atoms with Gasteiger partial charge in [0.25, 0.3) is 10.0 Å². The van der Waals surface area contributed by atoms with Crippen molar-refractivity contribution in [3.05, 3.63) is 128 Å². The zero-order valence-electron chi connectivity index (χ0n) is 26.6. The van der Waals surface area contributed by atoms with E-state index in [1.165, 1.54) is 41.3 Å². The van der Waals surface area contributed by atoms with Crippen LogP contribution in [0.5, 0.6) is 0 Å². The maximum Gasteiger partial charge on any atom is 0.417 e. The molecule has 2 amide bonds. The van der Waals surface area contributed by atoms with E-state index in [0.29, 0.717) is 21.5 Å². The highest BCUT2D eigenvalue weighted by Crippen LogP contribution is 2.38. The standard InChI is InChI=1S/C35H33Cl3F3N3O4S/c1-22(2)42-34(46)32(18-24-7-5-4-6-8-24)43(20-25-11-15-30(37)31(38)17-25)33(45)21-44(49(47,48)27-13-9-23(3)10-14-27)26-12-16-29(36)28(19-26)35(39,40)41/h4-17,19,22,32H,18,20-21H2,1-3H3,(H,42,46)/t32-/m0/s1. The van der Waals surface area contributed by atoms with Gasteiger partial charge in [0.2, 0.25) is 11.8 Å². The van der Waals surface area contributed by atoms with Crippen LogP contribution in [0, 0.1) is 6.92 Å². The Balaban J connectivity index is 1.88. The Morgan fingerprint density at radius 2 is 1.45 bits per heavy atom. The van der Waals surface area contributed by atoms with E-state index < -0.39 is 56.9 Å². The number of alkyl halides is 3. The molecule has 0 aliphatic heterocycles. The third-order valence-corrected chi connectivity index (χ3v) is 10.3. The number of sulfonamides is 1. The molecule has 49 heavy (non-hydrogen) atoms. The van der Waals surface area contributed by atoms with E-state index in [0.717, 1.165) is 17.7 Å². The molecule has 0 saturated carbocycles. The minimum Gasteiger partial charge on any atom is -0.352 e. The molecule has 0 saturated heterocycles. The molecule has 260 valence electrons. The highest BCUT2D eigenvalue weighted by molar-refractivity contribution is 7.92. The van der Waals surface area contributed by atoms with Crippen molar-refractivity contribution in [3.63, 3.8) is 0 Å². The van der Waals surface area contributed by atoms with E-state index >= 15 is 0 Å². The van der Waals surface area contributed by atoms with Gasteiger partial charge in [-0.1, -0.05) is 88.9 Å². The molecule has 0 bridgehead atoms. The summed E-state index contributed by atoms with van der Waals surface area (Å²) in [6, 6.07) is 20.3. The fourth-order valence-electron chi connectivity index (χ4n) is 5.02. The highest BCUT2D eigenvalue weighted by Gasteiger charge is 2.38. The van der Waals surface area contributed by atoms with Crippen molar-refractivity contribution < 1.29 is 31.2 Å². The Labute approximate surface area is 298 Å². The summed E-state index contributed by atoms with van der Waals surface area (Å²) in [5.41, 5.74) is 0.174. The van der Waals surface area contributed by atoms with E-state index in [-0.39, 0.29) is 33.9 Å². The number of nitrogens with one attached hydrogen (secondary N) is 1. The van der Waals surface area contributed by atoms with Crippen LogP contribution in [0.2, 0.25) is 15.1 Å². The number of nitrogens with zero attached hydrogens (tertiary/aromatic N) is 2. The van der Waals surface area contributed by atoms with Crippen LogP contribution < -0.4 is 9.62 Å². The number of rotatable bonds is 12. The molecule has 1 N–H and O–H groups in total. The summed E-state index contributed by atoms with van der Waals surface area (Å²) < 4.78 is 70.8. The summed E-state index contributed by atoms with van der Waals surface area (Å²) in [4.78, 5) is 29.2. The molecule has 14 heteroatoms. The van der Waals surface area contributed by atoms with E-state index in [2.05, 4.69) is 5.32 Å². The molecule has 0 fully saturated rings. The normalized spacial score (nSPS) is 12.4. The van der Waals surface area contributed by atoms with Crippen LogP contribution in [0.3, 0.4) is 0 Å². The number of halogens is 6. The monoisotopic (exact) mass is 753 g/mol. The molecule has 1 atom stereocenters. The number of aryl methyl sites for hydroxylation is 1. The molecule has 0 unspecified atom stereocenters. The summed E-state index contributed by atoms with van der Waals surface area (Å²) >= 11 is 18.3. The van der Waals surface area contributed by atoms with E-state index in [9.17, 15) is 31.2 Å². The zero-order valence-corrected chi connectivity index (χ0v) is 29.7. The minimum absolute atomic E-state index is 0.0380. The first-order valence-corrected chi connectivity index (χ1v) is 17.6. The largest absolute Gasteiger partial charge is 0.417 e. The lowest BCUT2D eigenvalue weighted by Crippen LogP contribution is -2.54. The molecule has 7 nitrogen and oxygen atoms in total. The van der Waals surface area contributed by atoms with Crippen molar-refractivity contribution in [1.82, 2.24) is 10.2 Å². The first kappa shape index (κ1) is 38.0. The van der Waals surface area contributed by atoms with Gasteiger partial charge in [0, 0.05) is 19.0 Å². The van der Waals surface area contributed by atoms with Crippen molar-refractivity contribution in [2.75, 3.05) is 10.8 Å². The van der Waals surface area contributed by atoms with Gasteiger partial charge >= 0.3 is 6.18 Å². The molecule has 4 aromatic rings. The second-order valence-corrected chi connectivity index (χ2v) is 14.7. The van der Waals surface area contributed by atoms with Gasteiger partial charge in [0.15, 0.2) is 0 Å². The quantitative estimate of drug-likeness (QED) is 0.158. The Morgan fingerprint density at radius 1 is 0.816 bits per heavy atom. The molecule has 0 aromatic heterocycles. The second kappa shape index (κ2) is 15.8. The van der Waals surface area contributed by atoms with Crippen molar-refractivity contribution in [3.8, 4) is 0 Å². The van der Waals surface area contributed by atoms with E-state index in [4.69, 9.17) is 34.8 Å². The lowest BCUT2D eigenvalue weighted by Gasteiger charge is -2.34. The first-order valence-electron chi connectivity index (χ1n) is 15.0. The van der Waals surface area contributed by atoms with Crippen LogP contribution in [0.25, 0.3) is 0 Å². The third kappa shape index (κ3) is 9.69.